The molecule has 1 rings (SSSR count). The van der Waals surface area contributed by atoms with Gasteiger partial charge < -0.3 is 5.32 Å². The van der Waals surface area contributed by atoms with Gasteiger partial charge in [0.1, 0.15) is 0 Å². The first kappa shape index (κ1) is 16.7. The summed E-state index contributed by atoms with van der Waals surface area (Å²) < 4.78 is 22.8. The summed E-state index contributed by atoms with van der Waals surface area (Å²) in [4.78, 5) is 12.2. The van der Waals surface area contributed by atoms with Crippen molar-refractivity contribution in [3.8, 4) is 0 Å². The van der Waals surface area contributed by atoms with Crippen LogP contribution in [0.3, 0.4) is 0 Å². The van der Waals surface area contributed by atoms with Crippen LogP contribution in [0.5, 0.6) is 0 Å². The average Bonchev–Trinajstić information content (AvgIpc) is 2.33. The van der Waals surface area contributed by atoms with Gasteiger partial charge in [-0.05, 0) is 43.0 Å². The van der Waals surface area contributed by atoms with Crippen molar-refractivity contribution in [1.29, 1.82) is 0 Å². The average molecular weight is 298 g/mol. The Hall–Kier alpha value is -1.40. The highest BCUT2D eigenvalue weighted by molar-refractivity contribution is 7.89. The van der Waals surface area contributed by atoms with Gasteiger partial charge in [0, 0.05) is 11.6 Å². The Kier molecular flexibility index (Phi) is 5.30. The number of hydrogen-bond donors (Lipinski definition) is 2. The number of sulfonamides is 1. The molecule has 0 saturated heterocycles. The summed E-state index contributed by atoms with van der Waals surface area (Å²) in [6.45, 7) is 7.78. The number of hydrogen-bond acceptors (Lipinski definition) is 3. The minimum absolute atomic E-state index is 0.0414. The van der Waals surface area contributed by atoms with Gasteiger partial charge in [-0.1, -0.05) is 20.8 Å². The van der Waals surface area contributed by atoms with Gasteiger partial charge >= 0.3 is 0 Å². The maximum absolute atomic E-state index is 12.2. The molecule has 5 nitrogen and oxygen atoms in total. The lowest BCUT2D eigenvalue weighted by Crippen LogP contribution is -2.38. The molecule has 0 aliphatic rings. The van der Waals surface area contributed by atoms with Gasteiger partial charge in [0.15, 0.2) is 0 Å². The van der Waals surface area contributed by atoms with E-state index in [9.17, 15) is 13.2 Å². The van der Waals surface area contributed by atoms with E-state index in [1.165, 1.54) is 12.1 Å². The van der Waals surface area contributed by atoms with E-state index in [0.29, 0.717) is 17.0 Å². The van der Waals surface area contributed by atoms with E-state index in [-0.39, 0.29) is 16.8 Å². The lowest BCUT2D eigenvalue weighted by atomic mass is 10.0. The van der Waals surface area contributed by atoms with E-state index < -0.39 is 10.0 Å². The lowest BCUT2D eigenvalue weighted by Gasteiger charge is -2.21. The summed E-state index contributed by atoms with van der Waals surface area (Å²) >= 11 is 0. The van der Waals surface area contributed by atoms with Crippen molar-refractivity contribution < 1.29 is 13.2 Å². The summed E-state index contributed by atoms with van der Waals surface area (Å²) in [5.41, 5.74) is 0.993. The van der Waals surface area contributed by atoms with Crippen molar-refractivity contribution >= 4 is 15.9 Å². The third-order valence-electron chi connectivity index (χ3n) is 3.20. The Bertz CT molecular complexity index is 594. The molecule has 3 N–H and O–H groups in total. The van der Waals surface area contributed by atoms with Crippen LogP contribution in [0.15, 0.2) is 23.1 Å². The number of nitrogens with two attached hydrogens (primary N) is 1. The zero-order valence-corrected chi connectivity index (χ0v) is 13.1. The highest BCUT2D eigenvalue weighted by atomic mass is 32.2. The van der Waals surface area contributed by atoms with Gasteiger partial charge in [0.25, 0.3) is 5.91 Å². The third kappa shape index (κ3) is 4.31. The van der Waals surface area contributed by atoms with E-state index >= 15 is 0 Å². The molecule has 0 fully saturated rings. The smallest absolute Gasteiger partial charge is 0.251 e. The molecule has 0 saturated carbocycles. The second kappa shape index (κ2) is 6.37. The van der Waals surface area contributed by atoms with E-state index in [1.807, 2.05) is 20.8 Å². The molecule has 6 heteroatoms. The second-order valence-corrected chi connectivity index (χ2v) is 6.87. The molecule has 1 unspecified atom stereocenters. The first-order valence-corrected chi connectivity index (χ1v) is 8.15. The van der Waals surface area contributed by atoms with Crippen LogP contribution in [-0.4, -0.2) is 20.4 Å². The largest absolute Gasteiger partial charge is 0.349 e. The molecule has 0 aliphatic carbocycles. The van der Waals surface area contributed by atoms with Crippen molar-refractivity contribution in [2.45, 2.75) is 45.1 Å². The van der Waals surface area contributed by atoms with E-state index in [0.717, 1.165) is 6.42 Å². The molecule has 20 heavy (non-hydrogen) atoms. The maximum atomic E-state index is 12.2. The normalized spacial score (nSPS) is 13.3. The second-order valence-electron chi connectivity index (χ2n) is 5.31. The van der Waals surface area contributed by atoms with Crippen LogP contribution in [-0.2, 0) is 10.0 Å². The molecule has 1 amide bonds. The number of nitrogens with one attached hydrogen (secondary N) is 1. The summed E-state index contributed by atoms with van der Waals surface area (Å²) in [6, 6.07) is 4.47. The molecule has 0 radical (unpaired) electrons. The van der Waals surface area contributed by atoms with Gasteiger partial charge in [-0.25, -0.2) is 13.6 Å². The predicted octanol–water partition coefficient (Wildman–Crippen LogP) is 1.81. The number of amides is 1. The molecule has 0 spiro atoms. The van der Waals surface area contributed by atoms with Crippen molar-refractivity contribution in [1.82, 2.24) is 5.32 Å². The van der Waals surface area contributed by atoms with E-state index in [1.54, 1.807) is 13.0 Å². The van der Waals surface area contributed by atoms with Crippen molar-refractivity contribution in [3.05, 3.63) is 29.3 Å². The Morgan fingerprint density at radius 2 is 1.90 bits per heavy atom. The molecule has 112 valence electrons. The Morgan fingerprint density at radius 3 is 2.35 bits per heavy atom. The summed E-state index contributed by atoms with van der Waals surface area (Å²) in [7, 11) is -3.81. The Morgan fingerprint density at radius 1 is 1.30 bits per heavy atom. The van der Waals surface area contributed by atoms with Gasteiger partial charge in [-0.3, -0.25) is 4.79 Å². The van der Waals surface area contributed by atoms with Crippen LogP contribution >= 0.6 is 0 Å². The maximum Gasteiger partial charge on any atom is 0.251 e. The molecule has 0 aromatic heterocycles. The quantitative estimate of drug-likeness (QED) is 0.868. The van der Waals surface area contributed by atoms with Crippen LogP contribution in [0.25, 0.3) is 0 Å². The number of benzene rings is 1. The minimum Gasteiger partial charge on any atom is -0.349 e. The van der Waals surface area contributed by atoms with Crippen molar-refractivity contribution in [2.75, 3.05) is 0 Å². The fourth-order valence-corrected chi connectivity index (χ4v) is 2.68. The third-order valence-corrected chi connectivity index (χ3v) is 4.10. The number of carbonyl (C=O) groups excluding carboxylic acids is 1. The first-order valence-electron chi connectivity index (χ1n) is 6.60. The molecule has 1 aromatic carbocycles. The molecular formula is C14H22N2O3S. The summed E-state index contributed by atoms with van der Waals surface area (Å²) in [5.74, 6) is 0.0330. The zero-order chi connectivity index (χ0) is 15.5. The fourth-order valence-electron chi connectivity index (χ4n) is 2.04. The number of aryl methyl sites for hydroxylation is 1. The Labute approximate surface area is 120 Å². The Balaban J connectivity index is 3.08. The van der Waals surface area contributed by atoms with Crippen LogP contribution in [0.4, 0.5) is 0 Å². The molecule has 0 aliphatic heterocycles. The first-order chi connectivity index (χ1) is 9.15. The monoisotopic (exact) mass is 298 g/mol. The number of carbonyl (C=O) groups is 1. The van der Waals surface area contributed by atoms with Crippen LogP contribution in [0.2, 0.25) is 0 Å². The molecule has 1 atom stereocenters. The van der Waals surface area contributed by atoms with Crippen LogP contribution < -0.4 is 10.5 Å². The molecule has 1 aromatic rings. The van der Waals surface area contributed by atoms with Crippen molar-refractivity contribution in [3.63, 3.8) is 0 Å². The van der Waals surface area contributed by atoms with Crippen LogP contribution in [0, 0.1) is 12.8 Å². The summed E-state index contributed by atoms with van der Waals surface area (Å²) in [5, 5.41) is 8.02. The highest BCUT2D eigenvalue weighted by Gasteiger charge is 2.17. The van der Waals surface area contributed by atoms with E-state index in [4.69, 9.17) is 5.14 Å². The minimum atomic E-state index is -3.81. The SMILES string of the molecule is CCC(NC(=O)c1cc(C)cc(S(N)(=O)=O)c1)C(C)C. The van der Waals surface area contributed by atoms with Crippen molar-refractivity contribution in [2.24, 2.45) is 11.1 Å². The van der Waals surface area contributed by atoms with Gasteiger partial charge in [0.2, 0.25) is 10.0 Å². The highest BCUT2D eigenvalue weighted by Crippen LogP contribution is 2.15. The van der Waals surface area contributed by atoms with Gasteiger partial charge in [-0.15, -0.1) is 0 Å². The standard InChI is InChI=1S/C14H22N2O3S/c1-5-13(9(2)3)16-14(17)11-6-10(4)7-12(8-11)20(15,18)19/h6-9,13H,5H2,1-4H3,(H,16,17)(H2,15,18,19). The molecule has 0 bridgehead atoms. The zero-order valence-electron chi connectivity index (χ0n) is 12.3. The summed E-state index contributed by atoms with van der Waals surface area (Å²) in [6.07, 6.45) is 0.817. The number of primary sulfonamides is 1. The predicted molar refractivity (Wildman–Crippen MR) is 78.9 cm³/mol. The molecule has 0 heterocycles. The van der Waals surface area contributed by atoms with Gasteiger partial charge in [0.05, 0.1) is 4.90 Å². The van der Waals surface area contributed by atoms with Gasteiger partial charge in [-0.2, -0.15) is 0 Å². The fraction of sp³-hybridized carbons (Fsp3) is 0.500. The van der Waals surface area contributed by atoms with Crippen LogP contribution in [0.1, 0.15) is 43.1 Å². The number of rotatable bonds is 5. The van der Waals surface area contributed by atoms with E-state index in [2.05, 4.69) is 5.32 Å². The molecular weight excluding hydrogens is 276 g/mol. The lowest BCUT2D eigenvalue weighted by molar-refractivity contribution is 0.0924. The topological polar surface area (TPSA) is 89.3 Å².